The molecule has 0 bridgehead atoms. The summed E-state index contributed by atoms with van der Waals surface area (Å²) in [7, 11) is 0. The van der Waals surface area contributed by atoms with Crippen LogP contribution in [0.2, 0.25) is 0 Å². The highest BCUT2D eigenvalue weighted by molar-refractivity contribution is 5.70. The third kappa shape index (κ3) is 37.1. The van der Waals surface area contributed by atoms with Gasteiger partial charge in [-0.1, -0.05) is 110 Å². The van der Waals surface area contributed by atoms with Crippen molar-refractivity contribution in [2.75, 3.05) is 33.0 Å². The first-order chi connectivity index (χ1) is 26.9. The molecular formula is C46H84O9. The molecule has 0 spiro atoms. The van der Waals surface area contributed by atoms with Crippen LogP contribution in [0, 0.1) is 5.92 Å². The second kappa shape index (κ2) is 41.4. The monoisotopic (exact) mass is 781 g/mol. The zero-order chi connectivity index (χ0) is 40.5. The van der Waals surface area contributed by atoms with Gasteiger partial charge >= 0.3 is 17.9 Å². The van der Waals surface area contributed by atoms with Gasteiger partial charge in [0.05, 0.1) is 32.2 Å². The number of rotatable bonds is 41. The molecule has 1 N–H and O–H groups in total. The van der Waals surface area contributed by atoms with Crippen molar-refractivity contribution in [2.45, 2.75) is 213 Å². The van der Waals surface area contributed by atoms with Crippen LogP contribution in [0.5, 0.6) is 0 Å². The molecule has 0 aliphatic carbocycles. The van der Waals surface area contributed by atoms with Crippen LogP contribution in [0.4, 0.5) is 0 Å². The van der Waals surface area contributed by atoms with Gasteiger partial charge in [0.15, 0.2) is 6.29 Å². The predicted molar refractivity (Wildman–Crippen MR) is 224 cm³/mol. The van der Waals surface area contributed by atoms with Gasteiger partial charge in [-0.05, 0) is 89.9 Å². The summed E-state index contributed by atoms with van der Waals surface area (Å²) in [6.07, 6.45) is 33.4. The number of esters is 3. The third-order valence-corrected chi connectivity index (χ3v) is 9.56. The van der Waals surface area contributed by atoms with Crippen molar-refractivity contribution in [3.63, 3.8) is 0 Å². The number of carbonyl (C=O) groups is 3. The van der Waals surface area contributed by atoms with E-state index in [0.717, 1.165) is 83.5 Å². The van der Waals surface area contributed by atoms with Gasteiger partial charge in [0.1, 0.15) is 6.10 Å². The first kappa shape index (κ1) is 52.8. The Morgan fingerprint density at radius 2 is 0.982 bits per heavy atom. The number of hydrogen-bond acceptors (Lipinski definition) is 9. The Hall–Kier alpha value is -2.23. The normalized spacial score (nSPS) is 12.3. The van der Waals surface area contributed by atoms with Gasteiger partial charge in [0.2, 0.25) is 0 Å². The van der Waals surface area contributed by atoms with Crippen molar-refractivity contribution in [2.24, 2.45) is 5.92 Å². The minimum atomic E-state index is -0.499. The van der Waals surface area contributed by atoms with Crippen LogP contribution < -0.4 is 0 Å². The van der Waals surface area contributed by atoms with E-state index in [1.165, 1.54) is 51.4 Å². The molecule has 0 aliphatic heterocycles. The molecule has 0 aromatic rings. The molecule has 0 rings (SSSR count). The van der Waals surface area contributed by atoms with Crippen LogP contribution >= 0.6 is 0 Å². The van der Waals surface area contributed by atoms with Crippen molar-refractivity contribution in [3.05, 3.63) is 24.3 Å². The van der Waals surface area contributed by atoms with Crippen LogP contribution in [0.25, 0.3) is 0 Å². The van der Waals surface area contributed by atoms with Crippen LogP contribution in [-0.2, 0) is 38.1 Å². The second-order valence-corrected chi connectivity index (χ2v) is 15.0. The van der Waals surface area contributed by atoms with E-state index >= 15 is 0 Å². The first-order valence-corrected chi connectivity index (χ1v) is 22.5. The van der Waals surface area contributed by atoms with Gasteiger partial charge in [0, 0.05) is 32.5 Å². The summed E-state index contributed by atoms with van der Waals surface area (Å²) in [5.74, 6) is -1.40. The van der Waals surface area contributed by atoms with Gasteiger partial charge < -0.3 is 28.8 Å². The molecule has 9 nitrogen and oxygen atoms in total. The molecule has 55 heavy (non-hydrogen) atoms. The molecule has 0 fully saturated rings. The summed E-state index contributed by atoms with van der Waals surface area (Å²) in [6, 6.07) is 0. The van der Waals surface area contributed by atoms with E-state index in [1.807, 2.05) is 0 Å². The number of allylic oxidation sites excluding steroid dienone is 4. The van der Waals surface area contributed by atoms with E-state index in [2.05, 4.69) is 52.0 Å². The number of aliphatic hydroxyl groups is 1. The van der Waals surface area contributed by atoms with Crippen LogP contribution in [0.1, 0.15) is 201 Å². The van der Waals surface area contributed by atoms with Gasteiger partial charge in [-0.25, -0.2) is 0 Å². The Kier molecular flexibility index (Phi) is 39.7. The summed E-state index contributed by atoms with van der Waals surface area (Å²) in [5, 5.41) is 9.80. The highest BCUT2D eigenvalue weighted by atomic mass is 16.7. The Labute approximate surface area is 337 Å². The number of aliphatic hydroxyl groups excluding tert-OH is 1. The van der Waals surface area contributed by atoms with Gasteiger partial charge in [-0.15, -0.1) is 0 Å². The Bertz CT molecular complexity index is 896. The van der Waals surface area contributed by atoms with Gasteiger partial charge in [0.25, 0.3) is 0 Å². The molecule has 1 unspecified atom stereocenters. The fourth-order valence-corrected chi connectivity index (χ4v) is 6.07. The molecule has 9 heteroatoms. The summed E-state index contributed by atoms with van der Waals surface area (Å²) in [5.41, 5.74) is 0. The van der Waals surface area contributed by atoms with E-state index in [-0.39, 0.29) is 50.7 Å². The lowest BCUT2D eigenvalue weighted by Gasteiger charge is -2.19. The SMILES string of the molecule is CC/C=C\CCCCOC(CCC(=O)OCC(CO)COC(=O)CCCCCC(=O)OC(CCCCCCC)CCCCCCC)OCCCC/C=C\CC. The Morgan fingerprint density at radius 3 is 1.47 bits per heavy atom. The van der Waals surface area contributed by atoms with E-state index in [0.29, 0.717) is 38.9 Å². The fraction of sp³-hybridized carbons (Fsp3) is 0.848. The average Bonchev–Trinajstić information content (AvgIpc) is 3.18. The molecule has 0 aromatic heterocycles. The minimum Gasteiger partial charge on any atom is -0.465 e. The predicted octanol–water partition coefficient (Wildman–Crippen LogP) is 11.7. The van der Waals surface area contributed by atoms with Gasteiger partial charge in [-0.3, -0.25) is 14.4 Å². The van der Waals surface area contributed by atoms with Crippen molar-refractivity contribution >= 4 is 17.9 Å². The lowest BCUT2D eigenvalue weighted by Crippen LogP contribution is -2.25. The average molecular weight is 781 g/mol. The topological polar surface area (TPSA) is 118 Å². The molecule has 0 aromatic carbocycles. The standard InChI is InChI=1S/C46H84O9/c1-5-9-13-17-21-28-36-51-46(52-37-29-22-18-14-10-6-2)35-34-44(49)54-40-41(38-47)39-53-43(48)32-26-23-27-33-45(50)55-42(30-24-19-15-11-7-3)31-25-20-16-12-8-4/h9-10,13-14,41-42,46-47H,5-8,11-12,15-40H2,1-4H3/b13-9-,14-10-. The van der Waals surface area contributed by atoms with Crippen molar-refractivity contribution < 1.29 is 43.2 Å². The summed E-state index contributed by atoms with van der Waals surface area (Å²) in [6.45, 7) is 9.50. The van der Waals surface area contributed by atoms with Crippen molar-refractivity contribution in [1.82, 2.24) is 0 Å². The summed E-state index contributed by atoms with van der Waals surface area (Å²) in [4.78, 5) is 37.5. The second-order valence-electron chi connectivity index (χ2n) is 15.0. The van der Waals surface area contributed by atoms with Gasteiger partial charge in [-0.2, -0.15) is 0 Å². The lowest BCUT2D eigenvalue weighted by atomic mass is 10.0. The largest absolute Gasteiger partial charge is 0.465 e. The van der Waals surface area contributed by atoms with Crippen LogP contribution in [0.3, 0.4) is 0 Å². The zero-order valence-corrected chi connectivity index (χ0v) is 35.9. The smallest absolute Gasteiger partial charge is 0.306 e. The van der Waals surface area contributed by atoms with Crippen LogP contribution in [0.15, 0.2) is 24.3 Å². The van der Waals surface area contributed by atoms with E-state index < -0.39 is 18.2 Å². The minimum absolute atomic E-state index is 0.0141. The molecule has 322 valence electrons. The number of hydrogen-bond donors (Lipinski definition) is 1. The molecule has 0 aliphatic rings. The summed E-state index contributed by atoms with van der Waals surface area (Å²) >= 11 is 0. The molecule has 1 atom stereocenters. The fourth-order valence-electron chi connectivity index (χ4n) is 6.07. The van der Waals surface area contributed by atoms with Crippen molar-refractivity contribution in [1.29, 1.82) is 0 Å². The Balaban J connectivity index is 4.41. The zero-order valence-electron chi connectivity index (χ0n) is 35.9. The molecule has 0 heterocycles. The number of unbranched alkanes of at least 4 members (excludes halogenated alkanes) is 14. The first-order valence-electron chi connectivity index (χ1n) is 22.5. The summed E-state index contributed by atoms with van der Waals surface area (Å²) < 4.78 is 28.7. The number of carbonyl (C=O) groups excluding carboxylic acids is 3. The van der Waals surface area contributed by atoms with E-state index in [9.17, 15) is 19.5 Å². The highest BCUT2D eigenvalue weighted by Crippen LogP contribution is 2.18. The number of ether oxygens (including phenoxy) is 5. The molecular weight excluding hydrogens is 696 g/mol. The maximum atomic E-state index is 12.6. The quantitative estimate of drug-likeness (QED) is 0.0213. The highest BCUT2D eigenvalue weighted by Gasteiger charge is 2.18. The maximum Gasteiger partial charge on any atom is 0.306 e. The Morgan fingerprint density at radius 1 is 0.509 bits per heavy atom. The van der Waals surface area contributed by atoms with E-state index in [4.69, 9.17) is 23.7 Å². The lowest BCUT2D eigenvalue weighted by molar-refractivity contribution is -0.161. The molecule has 0 radical (unpaired) electrons. The molecule has 0 amide bonds. The van der Waals surface area contributed by atoms with E-state index in [1.54, 1.807) is 0 Å². The van der Waals surface area contributed by atoms with Crippen LogP contribution in [-0.4, -0.2) is 68.4 Å². The molecule has 0 saturated carbocycles. The third-order valence-electron chi connectivity index (χ3n) is 9.56. The molecule has 0 saturated heterocycles. The maximum absolute atomic E-state index is 12.6. The van der Waals surface area contributed by atoms with Crippen molar-refractivity contribution in [3.8, 4) is 0 Å².